The number of halogens is 1. The van der Waals surface area contributed by atoms with E-state index in [-0.39, 0.29) is 5.78 Å². The molecule has 0 fully saturated rings. The number of hydrogen-bond acceptors (Lipinski definition) is 3. The van der Waals surface area contributed by atoms with Crippen molar-refractivity contribution in [3.8, 4) is 0 Å². The van der Waals surface area contributed by atoms with Gasteiger partial charge in [0, 0.05) is 10.7 Å². The van der Waals surface area contributed by atoms with E-state index in [4.69, 9.17) is 11.6 Å². The number of carbonyl (C=O) groups excluding carboxylic acids is 1. The zero-order valence-corrected chi connectivity index (χ0v) is 11.0. The van der Waals surface area contributed by atoms with Crippen LogP contribution in [0.25, 0.3) is 0 Å². The Kier molecular flexibility index (Phi) is 2.84. The fraction of sp³-hybridized carbons (Fsp3) is 0.0667. The fourth-order valence-corrected chi connectivity index (χ4v) is 2.16. The molecule has 1 N–H and O–H groups in total. The maximum absolute atomic E-state index is 12.2. The zero-order chi connectivity index (χ0) is 13.4. The number of aliphatic imine (C=N–C) groups is 1. The molecule has 0 unspecified atom stereocenters. The Morgan fingerprint density at radius 1 is 1.11 bits per heavy atom. The van der Waals surface area contributed by atoms with Crippen LogP contribution < -0.4 is 5.32 Å². The number of ketones is 1. The number of nitrogens with one attached hydrogen (secondary N) is 1. The number of para-hydroxylation sites is 1. The summed E-state index contributed by atoms with van der Waals surface area (Å²) in [7, 11) is 0. The number of aryl methyl sites for hydroxylation is 1. The van der Waals surface area contributed by atoms with Crippen LogP contribution in [0.1, 0.15) is 15.9 Å². The van der Waals surface area contributed by atoms with Crippen LogP contribution in [0, 0.1) is 6.92 Å². The average molecular weight is 271 g/mol. The van der Waals surface area contributed by atoms with Gasteiger partial charge in [-0.25, -0.2) is 4.99 Å². The second-order valence-electron chi connectivity index (χ2n) is 4.39. The largest absolute Gasteiger partial charge is 0.337 e. The smallest absolute Gasteiger partial charge is 0.230 e. The van der Waals surface area contributed by atoms with Crippen molar-refractivity contribution in [1.29, 1.82) is 0 Å². The van der Waals surface area contributed by atoms with Crippen molar-refractivity contribution in [2.45, 2.75) is 6.92 Å². The van der Waals surface area contributed by atoms with Gasteiger partial charge in [0.15, 0.2) is 5.84 Å². The molecule has 3 nitrogen and oxygen atoms in total. The first-order valence-electron chi connectivity index (χ1n) is 5.91. The third kappa shape index (κ3) is 2.13. The van der Waals surface area contributed by atoms with Crippen molar-refractivity contribution in [3.05, 3.63) is 58.6 Å². The van der Waals surface area contributed by atoms with Gasteiger partial charge in [-0.1, -0.05) is 23.7 Å². The van der Waals surface area contributed by atoms with Gasteiger partial charge in [-0.2, -0.15) is 0 Å². The summed E-state index contributed by atoms with van der Waals surface area (Å²) in [5, 5.41) is 3.69. The fourth-order valence-electron chi connectivity index (χ4n) is 2.04. The average Bonchev–Trinajstić information content (AvgIpc) is 2.72. The van der Waals surface area contributed by atoms with Gasteiger partial charge < -0.3 is 5.32 Å². The van der Waals surface area contributed by atoms with Gasteiger partial charge in [-0.15, -0.1) is 0 Å². The second-order valence-corrected chi connectivity index (χ2v) is 4.83. The Morgan fingerprint density at radius 2 is 1.84 bits per heavy atom. The predicted molar refractivity (Wildman–Crippen MR) is 77.7 cm³/mol. The molecule has 19 heavy (non-hydrogen) atoms. The van der Waals surface area contributed by atoms with E-state index in [2.05, 4.69) is 10.3 Å². The first-order valence-corrected chi connectivity index (χ1v) is 6.28. The van der Waals surface area contributed by atoms with Gasteiger partial charge in [0.2, 0.25) is 5.78 Å². The molecular weight excluding hydrogens is 260 g/mol. The van der Waals surface area contributed by atoms with Crippen LogP contribution in [0.5, 0.6) is 0 Å². The number of Topliss-reactive ketones (excluding diaryl/α,β-unsaturated/α-hetero) is 1. The summed E-state index contributed by atoms with van der Waals surface area (Å²) in [6.07, 6.45) is 0. The van der Waals surface area contributed by atoms with Crippen LogP contribution in [0.15, 0.2) is 47.5 Å². The summed E-state index contributed by atoms with van der Waals surface area (Å²) in [6, 6.07) is 12.8. The van der Waals surface area contributed by atoms with Crippen LogP contribution in [0.4, 0.5) is 11.4 Å². The predicted octanol–water partition coefficient (Wildman–Crippen LogP) is 3.99. The summed E-state index contributed by atoms with van der Waals surface area (Å²) in [5.41, 5.74) is 3.20. The Labute approximate surface area is 115 Å². The second kappa shape index (κ2) is 4.52. The molecule has 0 radical (unpaired) electrons. The van der Waals surface area contributed by atoms with Crippen LogP contribution in [0.3, 0.4) is 0 Å². The summed E-state index contributed by atoms with van der Waals surface area (Å²) >= 11 is 5.83. The lowest BCUT2D eigenvalue weighted by Gasteiger charge is -2.04. The Morgan fingerprint density at radius 3 is 2.53 bits per heavy atom. The molecule has 0 amide bonds. The van der Waals surface area contributed by atoms with Crippen LogP contribution in [0.2, 0.25) is 5.02 Å². The third-order valence-corrected chi connectivity index (χ3v) is 3.28. The van der Waals surface area contributed by atoms with E-state index in [1.807, 2.05) is 31.2 Å². The molecule has 0 saturated heterocycles. The van der Waals surface area contributed by atoms with Crippen molar-refractivity contribution in [3.63, 3.8) is 0 Å². The summed E-state index contributed by atoms with van der Waals surface area (Å²) in [4.78, 5) is 16.6. The van der Waals surface area contributed by atoms with Gasteiger partial charge in [0.25, 0.3) is 0 Å². The lowest BCUT2D eigenvalue weighted by Crippen LogP contribution is -2.19. The highest BCUT2D eigenvalue weighted by molar-refractivity contribution is 6.52. The maximum atomic E-state index is 12.2. The first kappa shape index (κ1) is 11.9. The highest BCUT2D eigenvalue weighted by atomic mass is 35.5. The zero-order valence-electron chi connectivity index (χ0n) is 10.3. The van der Waals surface area contributed by atoms with Gasteiger partial charge in [-0.3, -0.25) is 4.79 Å². The van der Waals surface area contributed by atoms with E-state index in [0.717, 1.165) is 16.9 Å². The van der Waals surface area contributed by atoms with E-state index >= 15 is 0 Å². The van der Waals surface area contributed by atoms with Gasteiger partial charge in [0.05, 0.1) is 11.3 Å². The van der Waals surface area contributed by atoms with Crippen molar-refractivity contribution < 1.29 is 4.79 Å². The number of amidine groups is 1. The van der Waals surface area contributed by atoms with E-state index < -0.39 is 0 Å². The molecule has 0 atom stereocenters. The lowest BCUT2D eigenvalue weighted by molar-refractivity contribution is 0.106. The quantitative estimate of drug-likeness (QED) is 0.851. The van der Waals surface area contributed by atoms with Gasteiger partial charge in [0.1, 0.15) is 0 Å². The normalized spacial score (nSPS) is 13.2. The van der Waals surface area contributed by atoms with E-state index in [1.54, 1.807) is 18.2 Å². The number of fused-ring (bicyclic) bond motifs is 1. The standard InChI is InChI=1S/C15H11ClN2O/c1-9-3-2-4-12-13(9)18-15(14(12)19)17-11-7-5-10(16)6-8-11/h2-8H,1H3,(H,17,18,19). The number of hydrogen-bond donors (Lipinski definition) is 1. The highest BCUT2D eigenvalue weighted by Gasteiger charge is 2.25. The minimum Gasteiger partial charge on any atom is -0.337 e. The monoisotopic (exact) mass is 270 g/mol. The minimum absolute atomic E-state index is 0.0753. The molecule has 3 rings (SSSR count). The number of anilines is 1. The maximum Gasteiger partial charge on any atom is 0.230 e. The summed E-state index contributed by atoms with van der Waals surface area (Å²) < 4.78 is 0. The number of rotatable bonds is 1. The molecule has 0 bridgehead atoms. The molecule has 1 aliphatic heterocycles. The van der Waals surface area contributed by atoms with Crippen molar-refractivity contribution in [2.75, 3.05) is 5.32 Å². The number of nitrogens with zero attached hydrogens (tertiary/aromatic N) is 1. The molecular formula is C15H11ClN2O. The summed E-state index contributed by atoms with van der Waals surface area (Å²) in [6.45, 7) is 1.95. The Balaban J connectivity index is 1.92. The van der Waals surface area contributed by atoms with Crippen LogP contribution >= 0.6 is 11.6 Å². The molecule has 2 aromatic carbocycles. The molecule has 0 aliphatic carbocycles. The van der Waals surface area contributed by atoms with E-state index in [1.165, 1.54) is 0 Å². The Bertz CT molecular complexity index is 690. The Hall–Kier alpha value is -2.13. The molecule has 94 valence electrons. The molecule has 1 aliphatic rings. The molecule has 1 heterocycles. The molecule has 2 aromatic rings. The van der Waals surface area contributed by atoms with Crippen LogP contribution in [-0.4, -0.2) is 11.6 Å². The first-order chi connectivity index (χ1) is 9.15. The van der Waals surface area contributed by atoms with E-state index in [0.29, 0.717) is 16.4 Å². The number of benzene rings is 2. The SMILES string of the molecule is Cc1cccc2c1N=C(Nc1ccc(Cl)cc1)C2=O. The van der Waals surface area contributed by atoms with Gasteiger partial charge in [-0.05, 0) is 42.8 Å². The van der Waals surface area contributed by atoms with Crippen LogP contribution in [-0.2, 0) is 0 Å². The third-order valence-electron chi connectivity index (χ3n) is 3.03. The number of carbonyl (C=O) groups is 1. The highest BCUT2D eigenvalue weighted by Crippen LogP contribution is 2.30. The van der Waals surface area contributed by atoms with Crippen molar-refractivity contribution in [2.24, 2.45) is 4.99 Å². The molecule has 4 heteroatoms. The van der Waals surface area contributed by atoms with Crippen molar-refractivity contribution in [1.82, 2.24) is 0 Å². The van der Waals surface area contributed by atoms with Crippen molar-refractivity contribution >= 4 is 34.6 Å². The van der Waals surface area contributed by atoms with Gasteiger partial charge >= 0.3 is 0 Å². The molecule has 0 spiro atoms. The molecule has 0 aromatic heterocycles. The molecule has 0 saturated carbocycles. The van der Waals surface area contributed by atoms with E-state index in [9.17, 15) is 4.79 Å². The summed E-state index contributed by atoms with van der Waals surface area (Å²) in [5.74, 6) is 0.278. The minimum atomic E-state index is -0.0753. The lowest BCUT2D eigenvalue weighted by atomic mass is 10.1. The topological polar surface area (TPSA) is 41.5 Å².